The van der Waals surface area contributed by atoms with Crippen LogP contribution in [0.25, 0.3) is 0 Å². The van der Waals surface area contributed by atoms with Gasteiger partial charge in [-0.2, -0.15) is 0 Å². The van der Waals surface area contributed by atoms with Crippen LogP contribution in [0.1, 0.15) is 6.92 Å². The molecule has 0 amide bonds. The Bertz CT molecular complexity index is 61.5. The predicted molar refractivity (Wildman–Crippen MR) is 36.4 cm³/mol. The quantitative estimate of drug-likeness (QED) is 0.324. The lowest BCUT2D eigenvalue weighted by Crippen LogP contribution is -1.87. The Labute approximate surface area is 55.3 Å². The van der Waals surface area contributed by atoms with Crippen molar-refractivity contribution < 1.29 is 4.74 Å². The number of rotatable bonds is 4. The van der Waals surface area contributed by atoms with E-state index in [9.17, 15) is 0 Å². The second kappa shape index (κ2) is 6.99. The molecule has 0 fully saturated rings. The highest BCUT2D eigenvalue weighted by atomic mass is 35.5. The zero-order valence-electron chi connectivity index (χ0n) is 5.06. The minimum atomic E-state index is 0.576. The van der Waals surface area contributed by atoms with Crippen LogP contribution in [0.15, 0.2) is 12.2 Å². The molecule has 0 aliphatic rings. The van der Waals surface area contributed by atoms with Crippen LogP contribution in [0, 0.1) is 0 Å². The Morgan fingerprint density at radius 3 is 2.75 bits per heavy atom. The van der Waals surface area contributed by atoms with E-state index >= 15 is 0 Å². The van der Waals surface area contributed by atoms with Crippen LogP contribution in [-0.4, -0.2) is 19.1 Å². The van der Waals surface area contributed by atoms with Gasteiger partial charge in [0.1, 0.15) is 0 Å². The van der Waals surface area contributed by atoms with E-state index in [-0.39, 0.29) is 0 Å². The summed E-state index contributed by atoms with van der Waals surface area (Å²) >= 11 is 5.34. The van der Waals surface area contributed by atoms with E-state index in [0.29, 0.717) is 12.5 Å². The van der Waals surface area contributed by atoms with Crippen LogP contribution in [0.5, 0.6) is 0 Å². The molecule has 0 N–H and O–H groups in total. The van der Waals surface area contributed by atoms with Crippen molar-refractivity contribution >= 4 is 11.6 Å². The SMILES string of the molecule is CCOC/C=C/CCl. The molecule has 1 nitrogen and oxygen atoms in total. The molecule has 0 bridgehead atoms. The van der Waals surface area contributed by atoms with Crippen molar-refractivity contribution in [1.82, 2.24) is 0 Å². The van der Waals surface area contributed by atoms with E-state index in [1.54, 1.807) is 0 Å². The number of allylic oxidation sites excluding steroid dienone is 1. The zero-order valence-corrected chi connectivity index (χ0v) is 5.82. The highest BCUT2D eigenvalue weighted by molar-refractivity contribution is 6.18. The van der Waals surface area contributed by atoms with Crippen LogP contribution < -0.4 is 0 Å². The fourth-order valence-corrected chi connectivity index (χ4v) is 0.443. The first-order chi connectivity index (χ1) is 3.91. The molecule has 2 heteroatoms. The molecule has 0 unspecified atom stereocenters. The maximum absolute atomic E-state index is 5.34. The molecule has 8 heavy (non-hydrogen) atoms. The largest absolute Gasteiger partial charge is 0.378 e. The molecule has 0 aromatic heterocycles. The molecule has 48 valence electrons. The molecular formula is C6H11ClO. The van der Waals surface area contributed by atoms with Crippen LogP contribution in [-0.2, 0) is 4.74 Å². The maximum atomic E-state index is 5.34. The van der Waals surface area contributed by atoms with Gasteiger partial charge in [0.15, 0.2) is 0 Å². The van der Waals surface area contributed by atoms with Gasteiger partial charge < -0.3 is 4.74 Å². The van der Waals surface area contributed by atoms with Gasteiger partial charge in [-0.1, -0.05) is 12.2 Å². The number of hydrogen-bond acceptors (Lipinski definition) is 1. The lowest BCUT2D eigenvalue weighted by molar-refractivity contribution is 0.177. The first-order valence-corrected chi connectivity index (χ1v) is 3.24. The molecule has 0 saturated carbocycles. The predicted octanol–water partition coefficient (Wildman–Crippen LogP) is 1.82. The molecule has 0 heterocycles. The van der Waals surface area contributed by atoms with E-state index in [1.807, 2.05) is 19.1 Å². The standard InChI is InChI=1S/C6H11ClO/c1-2-8-6-4-3-5-7/h3-4H,2,5-6H2,1H3/b4-3+. The van der Waals surface area contributed by atoms with Crippen LogP contribution in [0.4, 0.5) is 0 Å². The van der Waals surface area contributed by atoms with E-state index in [4.69, 9.17) is 16.3 Å². The van der Waals surface area contributed by atoms with E-state index < -0.39 is 0 Å². The maximum Gasteiger partial charge on any atom is 0.0647 e. The summed E-state index contributed by atoms with van der Waals surface area (Å²) in [4.78, 5) is 0. The Morgan fingerprint density at radius 2 is 2.25 bits per heavy atom. The molecule has 0 atom stereocenters. The van der Waals surface area contributed by atoms with Gasteiger partial charge in [0, 0.05) is 12.5 Å². The summed E-state index contributed by atoms with van der Waals surface area (Å²) in [5, 5.41) is 0. The average Bonchev–Trinajstić information content (AvgIpc) is 1.81. The lowest BCUT2D eigenvalue weighted by Gasteiger charge is -1.90. The Morgan fingerprint density at radius 1 is 1.50 bits per heavy atom. The average molecular weight is 135 g/mol. The lowest BCUT2D eigenvalue weighted by atomic mass is 10.5. The van der Waals surface area contributed by atoms with Gasteiger partial charge in [-0.25, -0.2) is 0 Å². The number of hydrogen-bond donors (Lipinski definition) is 0. The fraction of sp³-hybridized carbons (Fsp3) is 0.667. The van der Waals surface area contributed by atoms with Gasteiger partial charge in [0.2, 0.25) is 0 Å². The first-order valence-electron chi connectivity index (χ1n) is 2.70. The van der Waals surface area contributed by atoms with Gasteiger partial charge in [-0.15, -0.1) is 11.6 Å². The van der Waals surface area contributed by atoms with Crippen LogP contribution >= 0.6 is 11.6 Å². The molecule has 0 radical (unpaired) electrons. The molecule has 0 aliphatic heterocycles. The Hall–Kier alpha value is -0.0100. The van der Waals surface area contributed by atoms with Crippen LogP contribution in [0.3, 0.4) is 0 Å². The normalized spacial score (nSPS) is 10.8. The molecule has 0 aromatic rings. The topological polar surface area (TPSA) is 9.23 Å². The van der Waals surface area contributed by atoms with Gasteiger partial charge in [0.05, 0.1) is 6.61 Å². The molecule has 0 spiro atoms. The van der Waals surface area contributed by atoms with Crippen molar-refractivity contribution in [3.63, 3.8) is 0 Å². The number of ether oxygens (including phenoxy) is 1. The van der Waals surface area contributed by atoms with Crippen molar-refractivity contribution in [3.8, 4) is 0 Å². The monoisotopic (exact) mass is 134 g/mol. The minimum absolute atomic E-state index is 0.576. The summed E-state index contributed by atoms with van der Waals surface area (Å²) in [5.74, 6) is 0.576. The molecule has 0 rings (SSSR count). The third-order valence-electron chi connectivity index (χ3n) is 0.674. The fourth-order valence-electron chi connectivity index (χ4n) is 0.317. The molecule has 0 aliphatic carbocycles. The second-order valence-corrected chi connectivity index (χ2v) is 1.59. The first kappa shape index (κ1) is 7.99. The highest BCUT2D eigenvalue weighted by Gasteiger charge is 1.72. The van der Waals surface area contributed by atoms with E-state index in [2.05, 4.69) is 0 Å². The van der Waals surface area contributed by atoms with Gasteiger partial charge in [-0.05, 0) is 6.92 Å². The summed E-state index contributed by atoms with van der Waals surface area (Å²) in [7, 11) is 0. The third-order valence-corrected chi connectivity index (χ3v) is 0.852. The van der Waals surface area contributed by atoms with Crippen molar-refractivity contribution in [3.05, 3.63) is 12.2 Å². The van der Waals surface area contributed by atoms with Crippen molar-refractivity contribution in [2.75, 3.05) is 19.1 Å². The van der Waals surface area contributed by atoms with Crippen LogP contribution in [0.2, 0.25) is 0 Å². The van der Waals surface area contributed by atoms with Crippen molar-refractivity contribution in [2.24, 2.45) is 0 Å². The van der Waals surface area contributed by atoms with Gasteiger partial charge in [0.25, 0.3) is 0 Å². The summed E-state index contributed by atoms with van der Waals surface area (Å²) < 4.78 is 4.99. The highest BCUT2D eigenvalue weighted by Crippen LogP contribution is 1.79. The summed E-state index contributed by atoms with van der Waals surface area (Å²) in [6.07, 6.45) is 3.79. The molecule has 0 aromatic carbocycles. The zero-order chi connectivity index (χ0) is 6.24. The van der Waals surface area contributed by atoms with Gasteiger partial charge >= 0.3 is 0 Å². The molecular weight excluding hydrogens is 124 g/mol. The number of alkyl halides is 1. The summed E-state index contributed by atoms with van der Waals surface area (Å²) in [6, 6.07) is 0. The van der Waals surface area contributed by atoms with Crippen molar-refractivity contribution in [2.45, 2.75) is 6.92 Å². The minimum Gasteiger partial charge on any atom is -0.378 e. The van der Waals surface area contributed by atoms with Crippen molar-refractivity contribution in [1.29, 1.82) is 0 Å². The smallest absolute Gasteiger partial charge is 0.0647 e. The summed E-state index contributed by atoms with van der Waals surface area (Å²) in [6.45, 7) is 3.42. The third kappa shape index (κ3) is 5.99. The van der Waals surface area contributed by atoms with E-state index in [1.165, 1.54) is 0 Å². The Kier molecular flexibility index (Phi) is 6.98. The van der Waals surface area contributed by atoms with Gasteiger partial charge in [-0.3, -0.25) is 0 Å². The Balaban J connectivity index is 2.80. The second-order valence-electron chi connectivity index (χ2n) is 1.29. The number of halogens is 1. The summed E-state index contributed by atoms with van der Waals surface area (Å²) in [5.41, 5.74) is 0. The van der Waals surface area contributed by atoms with E-state index in [0.717, 1.165) is 6.61 Å². The molecule has 0 saturated heterocycles.